The number of ether oxygens (including phenoxy) is 2. The van der Waals surface area contributed by atoms with E-state index >= 15 is 8.78 Å². The number of fused-ring (bicyclic) bond motifs is 6. The number of aryl methyl sites for hydroxylation is 1. The Morgan fingerprint density at radius 2 is 1.71 bits per heavy atom. The number of carbonyl (C=O) groups excluding carboxylic acids is 2. The van der Waals surface area contributed by atoms with E-state index in [4.69, 9.17) is 24.4 Å². The number of aromatic nitrogens is 8. The Bertz CT molecular complexity index is 2740. The minimum absolute atomic E-state index is 0.00915. The highest BCUT2D eigenvalue weighted by molar-refractivity contribution is 5.95. The molecule has 0 spiro atoms. The lowest BCUT2D eigenvalue weighted by molar-refractivity contribution is -0.135. The number of likely N-dealkylation sites (N-methyl/N-ethyl adjacent to an activating group) is 1. The van der Waals surface area contributed by atoms with Gasteiger partial charge in [0.05, 0.1) is 47.5 Å². The van der Waals surface area contributed by atoms with Crippen molar-refractivity contribution in [3.8, 4) is 23.0 Å². The average Bonchev–Trinajstić information content (AvgIpc) is 3.75. The third kappa shape index (κ3) is 6.91. The van der Waals surface area contributed by atoms with Gasteiger partial charge in [0.2, 0.25) is 17.8 Å². The van der Waals surface area contributed by atoms with E-state index < -0.39 is 41.7 Å². The van der Waals surface area contributed by atoms with Crippen LogP contribution in [0.4, 0.5) is 24.9 Å². The van der Waals surface area contributed by atoms with Crippen LogP contribution in [0.15, 0.2) is 48.8 Å². The second-order valence-corrected chi connectivity index (χ2v) is 16.4. The highest BCUT2D eigenvalue weighted by Crippen LogP contribution is 2.38. The van der Waals surface area contributed by atoms with E-state index in [-0.39, 0.29) is 60.7 Å². The number of nitrogens with zero attached hydrogens (tertiary/aromatic N) is 12. The summed E-state index contributed by atoms with van der Waals surface area (Å²) < 4.78 is 60.9. The quantitative estimate of drug-likeness (QED) is 0.216. The minimum Gasteiger partial charge on any atom is -0.458 e. The number of piperazine rings is 1. The van der Waals surface area contributed by atoms with Crippen molar-refractivity contribution in [3.05, 3.63) is 72.1 Å². The molecule has 7 heterocycles. The Morgan fingerprint density at radius 3 is 2.48 bits per heavy atom. The van der Waals surface area contributed by atoms with Gasteiger partial charge in [-0.1, -0.05) is 6.92 Å². The summed E-state index contributed by atoms with van der Waals surface area (Å²) in [5.41, 5.74) is 2.21. The Balaban J connectivity index is 1.11. The summed E-state index contributed by atoms with van der Waals surface area (Å²) >= 11 is 0. The van der Waals surface area contributed by atoms with Crippen molar-refractivity contribution < 1.29 is 32.2 Å². The van der Waals surface area contributed by atoms with Crippen LogP contribution >= 0.6 is 0 Å². The summed E-state index contributed by atoms with van der Waals surface area (Å²) in [7, 11) is 1.72. The summed E-state index contributed by atoms with van der Waals surface area (Å²) in [6, 6.07) is 6.54. The van der Waals surface area contributed by atoms with Gasteiger partial charge in [-0.3, -0.25) is 9.59 Å². The number of amides is 2. The lowest BCUT2D eigenvalue weighted by Gasteiger charge is -2.41. The molecular weight excluding hydrogens is 806 g/mol. The first-order valence-corrected chi connectivity index (χ1v) is 21.1. The molecule has 0 radical (unpaired) electrons. The highest BCUT2D eigenvalue weighted by Gasteiger charge is 2.45. The summed E-state index contributed by atoms with van der Waals surface area (Å²) in [6.45, 7) is 7.61. The van der Waals surface area contributed by atoms with Crippen LogP contribution in [0.25, 0.3) is 39.0 Å². The van der Waals surface area contributed by atoms with Crippen LogP contribution in [0.1, 0.15) is 45.4 Å². The molecule has 1 aliphatic carbocycles. The van der Waals surface area contributed by atoms with Crippen LogP contribution in [0.3, 0.4) is 0 Å². The maximum Gasteiger partial charge on any atom is 0.317 e. The van der Waals surface area contributed by atoms with Gasteiger partial charge in [-0.25, -0.2) is 27.8 Å². The molecular formula is C43H45F3N12O4. The van der Waals surface area contributed by atoms with Crippen molar-refractivity contribution >= 4 is 45.6 Å². The number of rotatable bonds is 7. The molecule has 62 heavy (non-hydrogen) atoms. The zero-order valence-corrected chi connectivity index (χ0v) is 34.7. The Kier molecular flexibility index (Phi) is 9.95. The third-order valence-corrected chi connectivity index (χ3v) is 12.3. The second kappa shape index (κ2) is 15.5. The van der Waals surface area contributed by atoms with Crippen LogP contribution in [-0.2, 0) is 20.9 Å². The molecule has 4 aromatic heterocycles. The number of hydrogen-bond donors (Lipinski definition) is 0. The summed E-state index contributed by atoms with van der Waals surface area (Å²) in [5.74, 6) is -1.16. The van der Waals surface area contributed by atoms with Gasteiger partial charge in [0.25, 0.3) is 0 Å². The number of anilines is 2. The topological polar surface area (TPSA) is 153 Å². The highest BCUT2D eigenvalue weighted by atomic mass is 19.1. The lowest BCUT2D eigenvalue weighted by atomic mass is 10.1. The van der Waals surface area contributed by atoms with Gasteiger partial charge in [-0.05, 0) is 57.4 Å². The number of imidazole rings is 1. The van der Waals surface area contributed by atoms with Gasteiger partial charge < -0.3 is 33.6 Å². The van der Waals surface area contributed by atoms with Crippen molar-refractivity contribution in [3.63, 3.8) is 0 Å². The summed E-state index contributed by atoms with van der Waals surface area (Å²) in [5, 5.41) is 4.93. The van der Waals surface area contributed by atoms with Gasteiger partial charge in [-0.2, -0.15) is 20.1 Å². The van der Waals surface area contributed by atoms with E-state index in [1.807, 2.05) is 40.0 Å². The molecule has 16 nitrogen and oxygen atoms in total. The zero-order valence-electron chi connectivity index (χ0n) is 34.7. The van der Waals surface area contributed by atoms with Gasteiger partial charge in [0.1, 0.15) is 47.2 Å². The van der Waals surface area contributed by atoms with Crippen LogP contribution in [0.5, 0.6) is 6.01 Å². The average molecular weight is 851 g/mol. The van der Waals surface area contributed by atoms with Crippen LogP contribution in [0.2, 0.25) is 0 Å². The molecule has 10 rings (SSSR count). The standard InChI is InChI=1S/C43H45F3N12O4/c1-5-34-41(60)54(26-8-9-26)13-14-55(34)42-51-38(30-19-48-58(39(30)52-42)35-10-7-24(44)16-31(35)46)57-21-27-18-36(57)40(59)53(4)20-28(61-6-2)22-56-23(3)49-33-17-25(45)15-29(37(33)56)32-11-12-47-43(50-32)62-27/h7,10-12,15-17,19,26-28,34,36H,5-6,8-9,13-14,18,20-22H2,1-4H3/t27?,28?,34-,36?/m0/s1. The summed E-state index contributed by atoms with van der Waals surface area (Å²) in [4.78, 5) is 60.1. The molecule has 2 saturated heterocycles. The summed E-state index contributed by atoms with van der Waals surface area (Å²) in [6.07, 6.45) is 4.53. The predicted octanol–water partition coefficient (Wildman–Crippen LogP) is 4.84. The number of carbonyl (C=O) groups is 2. The molecule has 2 amide bonds. The molecule has 4 atom stereocenters. The fraction of sp³-hybridized carbons (Fsp3) is 0.442. The van der Waals surface area contributed by atoms with Gasteiger partial charge in [0, 0.05) is 69.6 Å². The fourth-order valence-corrected chi connectivity index (χ4v) is 9.32. The molecule has 3 fully saturated rings. The van der Waals surface area contributed by atoms with Crippen LogP contribution in [-0.4, -0.2) is 131 Å². The first-order valence-electron chi connectivity index (χ1n) is 21.1. The van der Waals surface area contributed by atoms with Crippen molar-refractivity contribution in [2.75, 3.05) is 49.6 Å². The van der Waals surface area contributed by atoms with E-state index in [1.54, 1.807) is 24.2 Å². The smallest absolute Gasteiger partial charge is 0.317 e. The van der Waals surface area contributed by atoms with Crippen LogP contribution < -0.4 is 14.5 Å². The number of hydrogen-bond acceptors (Lipinski definition) is 12. The van der Waals surface area contributed by atoms with Crippen molar-refractivity contribution in [1.29, 1.82) is 0 Å². The molecule has 322 valence electrons. The molecule has 19 heteroatoms. The molecule has 0 N–H and O–H groups in total. The lowest BCUT2D eigenvalue weighted by Crippen LogP contribution is -2.58. The van der Waals surface area contributed by atoms with E-state index in [2.05, 4.69) is 15.1 Å². The minimum atomic E-state index is -0.850. The fourth-order valence-electron chi connectivity index (χ4n) is 9.32. The van der Waals surface area contributed by atoms with Crippen molar-refractivity contribution in [2.24, 2.45) is 0 Å². The van der Waals surface area contributed by atoms with E-state index in [0.717, 1.165) is 25.0 Å². The van der Waals surface area contributed by atoms with E-state index in [1.165, 1.54) is 29.1 Å². The third-order valence-electron chi connectivity index (χ3n) is 12.3. The largest absolute Gasteiger partial charge is 0.458 e. The Morgan fingerprint density at radius 1 is 0.887 bits per heavy atom. The molecule has 1 saturated carbocycles. The predicted molar refractivity (Wildman–Crippen MR) is 221 cm³/mol. The zero-order chi connectivity index (χ0) is 43.0. The van der Waals surface area contributed by atoms with E-state index in [9.17, 15) is 14.0 Å². The molecule has 4 aliphatic rings. The Hall–Kier alpha value is -6.37. The Labute approximate surface area is 354 Å². The maximum atomic E-state index is 15.5. The van der Waals surface area contributed by atoms with Crippen molar-refractivity contribution in [1.82, 2.24) is 49.1 Å². The SMILES string of the molecule is CCOC1CN(C)C(=O)C2CC(CN2c2nc(N3CCN(C4CC4)C(=O)[C@@H]3CC)nc3c2cnn3-c2ccc(F)cc2F)Oc2nccc(n2)-c2cc(F)cc3nc(C)n(c23)C1. The molecule has 4 bridgehead atoms. The number of halogens is 3. The molecule has 3 aliphatic heterocycles. The van der Waals surface area contributed by atoms with Crippen molar-refractivity contribution in [2.45, 2.75) is 83.3 Å². The molecule has 2 aromatic carbocycles. The van der Waals surface area contributed by atoms with Crippen LogP contribution in [0, 0.1) is 24.4 Å². The molecule has 6 aromatic rings. The van der Waals surface area contributed by atoms with Gasteiger partial charge >= 0.3 is 6.01 Å². The second-order valence-electron chi connectivity index (χ2n) is 16.4. The monoisotopic (exact) mass is 850 g/mol. The number of benzene rings is 2. The van der Waals surface area contributed by atoms with E-state index in [0.29, 0.717) is 72.0 Å². The molecule has 3 unspecified atom stereocenters. The first-order chi connectivity index (χ1) is 30.0. The first kappa shape index (κ1) is 39.7. The van der Waals surface area contributed by atoms with Gasteiger partial charge in [-0.15, -0.1) is 0 Å². The normalized spacial score (nSPS) is 22.1. The van der Waals surface area contributed by atoms with Gasteiger partial charge in [0.15, 0.2) is 11.5 Å². The maximum absolute atomic E-state index is 15.5.